The molecule has 0 unspecified atom stereocenters. The number of hydrogen-bond acceptors (Lipinski definition) is 2. The van der Waals surface area contributed by atoms with Crippen molar-refractivity contribution in [2.75, 3.05) is 0 Å². The van der Waals surface area contributed by atoms with Crippen LogP contribution in [-0.4, -0.2) is 5.11 Å². The minimum Gasteiger partial charge on any atom is -0.508 e. The highest BCUT2D eigenvalue weighted by atomic mass is 16.3. The average Bonchev–Trinajstić information content (AvgIpc) is 2.19. The van der Waals surface area contributed by atoms with Gasteiger partial charge in [-0.2, -0.15) is 0 Å². The Morgan fingerprint density at radius 2 is 1.85 bits per heavy atom. The molecule has 1 aromatic carbocycles. The molecular weight excluding hydrogens is 162 g/mol. The van der Waals surface area contributed by atoms with Crippen LogP contribution in [0.5, 0.6) is 5.75 Å². The third kappa shape index (κ3) is 1.42. The summed E-state index contributed by atoms with van der Waals surface area (Å²) in [4.78, 5) is 0. The number of nitrogens with two attached hydrogens (primary N) is 1. The summed E-state index contributed by atoms with van der Waals surface area (Å²) in [5.74, 6) is 0.451. The Hall–Kier alpha value is -1.02. The van der Waals surface area contributed by atoms with Crippen LogP contribution in [0.15, 0.2) is 12.1 Å². The number of aromatic hydroxyl groups is 1. The molecule has 0 radical (unpaired) electrons. The fourth-order valence-corrected chi connectivity index (χ4v) is 2.11. The lowest BCUT2D eigenvalue weighted by molar-refractivity contribution is 0.461. The fraction of sp³-hybridized carbons (Fsp3) is 0.455. The molecule has 1 aliphatic carbocycles. The van der Waals surface area contributed by atoms with Crippen LogP contribution in [0, 0.1) is 0 Å². The quantitative estimate of drug-likeness (QED) is 0.686. The van der Waals surface area contributed by atoms with E-state index in [0.29, 0.717) is 12.3 Å². The van der Waals surface area contributed by atoms with Crippen LogP contribution in [0.3, 0.4) is 0 Å². The highest BCUT2D eigenvalue weighted by Gasteiger charge is 2.15. The first-order valence-corrected chi connectivity index (χ1v) is 4.85. The average molecular weight is 177 g/mol. The Morgan fingerprint density at radius 1 is 1.15 bits per heavy atom. The number of phenols is 1. The SMILES string of the molecule is NCc1ccc(O)c2c1CCCC2. The lowest BCUT2D eigenvalue weighted by atomic mass is 9.87. The van der Waals surface area contributed by atoms with Crippen LogP contribution in [0.25, 0.3) is 0 Å². The summed E-state index contributed by atoms with van der Waals surface area (Å²) in [7, 11) is 0. The van der Waals surface area contributed by atoms with Crippen molar-refractivity contribution in [2.24, 2.45) is 5.73 Å². The van der Waals surface area contributed by atoms with Gasteiger partial charge in [-0.1, -0.05) is 6.07 Å². The number of hydrogen-bond donors (Lipinski definition) is 2. The van der Waals surface area contributed by atoms with Crippen molar-refractivity contribution >= 4 is 0 Å². The molecule has 13 heavy (non-hydrogen) atoms. The standard InChI is InChI=1S/C11H15NO/c12-7-8-5-6-11(13)10-4-2-1-3-9(8)10/h5-6,13H,1-4,7,12H2. The van der Waals surface area contributed by atoms with Gasteiger partial charge >= 0.3 is 0 Å². The van der Waals surface area contributed by atoms with Crippen molar-refractivity contribution in [3.05, 3.63) is 28.8 Å². The molecule has 0 aliphatic heterocycles. The van der Waals surface area contributed by atoms with E-state index in [1.807, 2.05) is 6.07 Å². The van der Waals surface area contributed by atoms with Gasteiger partial charge in [0.2, 0.25) is 0 Å². The molecular formula is C11H15NO. The number of rotatable bonds is 1. The zero-order valence-corrected chi connectivity index (χ0v) is 7.71. The Morgan fingerprint density at radius 3 is 2.54 bits per heavy atom. The van der Waals surface area contributed by atoms with Crippen molar-refractivity contribution in [2.45, 2.75) is 32.2 Å². The third-order valence-electron chi connectivity index (χ3n) is 2.83. The molecule has 70 valence electrons. The Labute approximate surface area is 78.4 Å². The van der Waals surface area contributed by atoms with Gasteiger partial charge in [0.1, 0.15) is 5.75 Å². The lowest BCUT2D eigenvalue weighted by Crippen LogP contribution is -2.09. The van der Waals surface area contributed by atoms with Gasteiger partial charge < -0.3 is 10.8 Å². The molecule has 0 spiro atoms. The molecule has 2 nitrogen and oxygen atoms in total. The number of benzene rings is 1. The van der Waals surface area contributed by atoms with Gasteiger partial charge in [-0.05, 0) is 48.4 Å². The van der Waals surface area contributed by atoms with Gasteiger partial charge in [-0.15, -0.1) is 0 Å². The second-order valence-electron chi connectivity index (χ2n) is 3.61. The predicted molar refractivity (Wildman–Crippen MR) is 52.6 cm³/mol. The van der Waals surface area contributed by atoms with E-state index in [4.69, 9.17) is 5.73 Å². The van der Waals surface area contributed by atoms with E-state index in [-0.39, 0.29) is 0 Å². The summed E-state index contributed by atoms with van der Waals surface area (Å²) in [5, 5.41) is 9.64. The van der Waals surface area contributed by atoms with Crippen molar-refractivity contribution in [3.8, 4) is 5.75 Å². The van der Waals surface area contributed by atoms with E-state index in [2.05, 4.69) is 0 Å². The summed E-state index contributed by atoms with van der Waals surface area (Å²) >= 11 is 0. The van der Waals surface area contributed by atoms with Gasteiger partial charge in [-0.25, -0.2) is 0 Å². The van der Waals surface area contributed by atoms with Gasteiger partial charge in [0.15, 0.2) is 0 Å². The molecule has 0 aromatic heterocycles. The molecule has 1 aromatic rings. The van der Waals surface area contributed by atoms with Crippen molar-refractivity contribution in [1.29, 1.82) is 0 Å². The zero-order chi connectivity index (χ0) is 9.26. The summed E-state index contributed by atoms with van der Waals surface area (Å²) in [6.07, 6.45) is 4.50. The first-order chi connectivity index (χ1) is 6.33. The molecule has 0 saturated carbocycles. The van der Waals surface area contributed by atoms with Crippen molar-refractivity contribution < 1.29 is 5.11 Å². The molecule has 1 aliphatic rings. The van der Waals surface area contributed by atoms with E-state index < -0.39 is 0 Å². The molecule has 0 bridgehead atoms. The molecule has 3 N–H and O–H groups in total. The molecule has 0 amide bonds. The first kappa shape index (κ1) is 8.57. The monoisotopic (exact) mass is 177 g/mol. The number of fused-ring (bicyclic) bond motifs is 1. The fourth-order valence-electron chi connectivity index (χ4n) is 2.11. The predicted octanol–water partition coefficient (Wildman–Crippen LogP) is 1.73. The summed E-state index contributed by atoms with van der Waals surface area (Å²) in [6.45, 7) is 0.586. The highest BCUT2D eigenvalue weighted by Crippen LogP contribution is 2.31. The van der Waals surface area contributed by atoms with Crippen LogP contribution < -0.4 is 5.73 Å². The van der Waals surface area contributed by atoms with Gasteiger partial charge in [0.05, 0.1) is 0 Å². The van der Waals surface area contributed by atoms with E-state index >= 15 is 0 Å². The molecule has 0 fully saturated rings. The lowest BCUT2D eigenvalue weighted by Gasteiger charge is -2.19. The maximum atomic E-state index is 9.64. The van der Waals surface area contributed by atoms with Crippen molar-refractivity contribution in [1.82, 2.24) is 0 Å². The second-order valence-corrected chi connectivity index (χ2v) is 3.61. The van der Waals surface area contributed by atoms with Crippen LogP contribution in [0.1, 0.15) is 29.5 Å². The maximum absolute atomic E-state index is 9.64. The third-order valence-corrected chi connectivity index (χ3v) is 2.83. The van der Waals surface area contributed by atoms with Crippen LogP contribution in [0.2, 0.25) is 0 Å². The minimum absolute atomic E-state index is 0.451. The number of phenolic OH excluding ortho intramolecular Hbond substituents is 1. The van der Waals surface area contributed by atoms with E-state index in [0.717, 1.165) is 18.4 Å². The minimum atomic E-state index is 0.451. The van der Waals surface area contributed by atoms with Crippen LogP contribution in [-0.2, 0) is 19.4 Å². The largest absolute Gasteiger partial charge is 0.508 e. The van der Waals surface area contributed by atoms with Crippen LogP contribution in [0.4, 0.5) is 0 Å². The topological polar surface area (TPSA) is 46.2 Å². The van der Waals surface area contributed by atoms with Crippen molar-refractivity contribution in [3.63, 3.8) is 0 Å². The van der Waals surface area contributed by atoms with E-state index in [1.54, 1.807) is 6.07 Å². The van der Waals surface area contributed by atoms with E-state index in [1.165, 1.54) is 24.0 Å². The molecule has 2 heteroatoms. The molecule has 0 heterocycles. The van der Waals surface area contributed by atoms with Gasteiger partial charge in [0.25, 0.3) is 0 Å². The maximum Gasteiger partial charge on any atom is 0.119 e. The Kier molecular flexibility index (Phi) is 2.23. The normalized spacial score (nSPS) is 15.5. The molecule has 0 saturated heterocycles. The van der Waals surface area contributed by atoms with Crippen LogP contribution >= 0.6 is 0 Å². The molecule has 0 atom stereocenters. The Balaban J connectivity index is 2.52. The zero-order valence-electron chi connectivity index (χ0n) is 7.71. The smallest absolute Gasteiger partial charge is 0.119 e. The van der Waals surface area contributed by atoms with Gasteiger partial charge in [0, 0.05) is 6.54 Å². The highest BCUT2D eigenvalue weighted by molar-refractivity contribution is 5.45. The Bertz CT molecular complexity index is 320. The van der Waals surface area contributed by atoms with Gasteiger partial charge in [-0.3, -0.25) is 0 Å². The van der Waals surface area contributed by atoms with E-state index in [9.17, 15) is 5.11 Å². The second kappa shape index (κ2) is 3.38. The summed E-state index contributed by atoms with van der Waals surface area (Å²) in [5.41, 5.74) is 9.28. The molecule has 2 rings (SSSR count). The first-order valence-electron chi connectivity index (χ1n) is 4.85. The summed E-state index contributed by atoms with van der Waals surface area (Å²) < 4.78 is 0. The summed E-state index contributed by atoms with van der Waals surface area (Å²) in [6, 6.07) is 3.71.